The van der Waals surface area contributed by atoms with Gasteiger partial charge in [0, 0.05) is 4.90 Å². The Morgan fingerprint density at radius 3 is 3.00 bits per heavy atom. The first-order chi connectivity index (χ1) is 12.7. The van der Waals surface area contributed by atoms with E-state index in [4.69, 9.17) is 13.9 Å². The van der Waals surface area contributed by atoms with Crippen LogP contribution in [0.25, 0.3) is 10.2 Å². The summed E-state index contributed by atoms with van der Waals surface area (Å²) in [6, 6.07) is 9.69. The van der Waals surface area contributed by atoms with Crippen LogP contribution in [-0.2, 0) is 20.8 Å². The summed E-state index contributed by atoms with van der Waals surface area (Å²) in [7, 11) is 0. The number of thioether (sulfide) groups is 1. The van der Waals surface area contributed by atoms with E-state index in [0.29, 0.717) is 24.1 Å². The molecule has 3 aromatic rings. The molecule has 1 aliphatic heterocycles. The highest BCUT2D eigenvalue weighted by Gasteiger charge is 2.27. The molecule has 8 heteroatoms. The highest BCUT2D eigenvalue weighted by molar-refractivity contribution is 7.98. The Morgan fingerprint density at radius 1 is 1.35 bits per heavy atom. The van der Waals surface area contributed by atoms with Crippen LogP contribution in [0.15, 0.2) is 57.9 Å². The van der Waals surface area contributed by atoms with Crippen LogP contribution in [0, 0.1) is 0 Å². The molecule has 4 rings (SSSR count). The molecule has 3 heterocycles. The van der Waals surface area contributed by atoms with Crippen molar-refractivity contribution >= 4 is 44.4 Å². The van der Waals surface area contributed by atoms with Gasteiger partial charge in [0.2, 0.25) is 5.76 Å². The van der Waals surface area contributed by atoms with Crippen LogP contribution in [0.2, 0.25) is 0 Å². The third-order valence-corrected chi connectivity index (χ3v) is 5.58. The van der Waals surface area contributed by atoms with Gasteiger partial charge in [-0.3, -0.25) is 9.69 Å². The summed E-state index contributed by atoms with van der Waals surface area (Å²) in [5.41, 5.74) is 0.856. The standard InChI is InChI=1S/C18H16N2O4S2/c1-25-13-4-5-14-16(9-13)26-18(19-14)20(10-12-3-2-6-23-12)17(21)15-11-22-7-8-24-15/h2-6,9,11H,7-8,10H2,1H3. The zero-order valence-corrected chi connectivity index (χ0v) is 15.6. The average molecular weight is 388 g/mol. The summed E-state index contributed by atoms with van der Waals surface area (Å²) in [6.45, 7) is 1.05. The largest absolute Gasteiger partial charge is 0.494 e. The lowest BCUT2D eigenvalue weighted by Gasteiger charge is -2.22. The number of thiazole rings is 1. The molecule has 6 nitrogen and oxygen atoms in total. The van der Waals surface area contributed by atoms with E-state index < -0.39 is 0 Å². The van der Waals surface area contributed by atoms with Crippen molar-refractivity contribution in [3.8, 4) is 0 Å². The molecular weight excluding hydrogens is 372 g/mol. The van der Waals surface area contributed by atoms with E-state index in [1.807, 2.05) is 24.5 Å². The monoisotopic (exact) mass is 388 g/mol. The molecule has 1 amide bonds. The minimum absolute atomic E-state index is 0.173. The van der Waals surface area contributed by atoms with E-state index in [1.165, 1.54) is 17.6 Å². The molecule has 0 aliphatic carbocycles. The fraction of sp³-hybridized carbons (Fsp3) is 0.222. The summed E-state index contributed by atoms with van der Waals surface area (Å²) in [5.74, 6) is 0.539. The number of anilines is 1. The molecule has 0 radical (unpaired) electrons. The first-order valence-electron chi connectivity index (χ1n) is 7.98. The van der Waals surface area contributed by atoms with Crippen LogP contribution in [0.3, 0.4) is 0 Å². The van der Waals surface area contributed by atoms with Crippen molar-refractivity contribution in [2.45, 2.75) is 11.4 Å². The van der Waals surface area contributed by atoms with Crippen LogP contribution in [0.4, 0.5) is 5.13 Å². The van der Waals surface area contributed by atoms with Crippen molar-refractivity contribution in [2.24, 2.45) is 0 Å². The van der Waals surface area contributed by atoms with Crippen molar-refractivity contribution in [3.05, 3.63) is 54.4 Å². The van der Waals surface area contributed by atoms with E-state index in [1.54, 1.807) is 29.0 Å². The second-order valence-electron chi connectivity index (χ2n) is 5.50. The molecule has 134 valence electrons. The first kappa shape index (κ1) is 17.0. The maximum atomic E-state index is 13.0. The summed E-state index contributed by atoms with van der Waals surface area (Å²) in [6.07, 6.45) is 4.98. The number of carbonyl (C=O) groups is 1. The maximum Gasteiger partial charge on any atom is 0.298 e. The molecule has 26 heavy (non-hydrogen) atoms. The predicted octanol–water partition coefficient (Wildman–Crippen LogP) is 4.03. The Kier molecular flexibility index (Phi) is 4.85. The van der Waals surface area contributed by atoms with Crippen molar-refractivity contribution in [1.29, 1.82) is 0 Å². The van der Waals surface area contributed by atoms with Crippen LogP contribution in [0.1, 0.15) is 5.76 Å². The number of fused-ring (bicyclic) bond motifs is 1. The molecule has 0 N–H and O–H groups in total. The lowest BCUT2D eigenvalue weighted by atomic mass is 10.3. The Morgan fingerprint density at radius 2 is 2.27 bits per heavy atom. The van der Waals surface area contributed by atoms with Gasteiger partial charge in [-0.2, -0.15) is 0 Å². The van der Waals surface area contributed by atoms with Crippen molar-refractivity contribution in [2.75, 3.05) is 24.4 Å². The molecule has 0 saturated carbocycles. The third kappa shape index (κ3) is 3.42. The van der Waals surface area contributed by atoms with Gasteiger partial charge in [0.15, 0.2) is 5.13 Å². The van der Waals surface area contributed by atoms with E-state index >= 15 is 0 Å². The van der Waals surface area contributed by atoms with Crippen LogP contribution < -0.4 is 4.90 Å². The van der Waals surface area contributed by atoms with E-state index in [0.717, 1.165) is 15.1 Å². The molecule has 0 unspecified atom stereocenters. The summed E-state index contributed by atoms with van der Waals surface area (Å²) in [4.78, 5) is 20.3. The summed E-state index contributed by atoms with van der Waals surface area (Å²) >= 11 is 3.14. The molecule has 0 bridgehead atoms. The zero-order valence-electron chi connectivity index (χ0n) is 14.0. The fourth-order valence-corrected chi connectivity index (χ4v) is 4.05. The zero-order chi connectivity index (χ0) is 17.9. The van der Waals surface area contributed by atoms with E-state index in [-0.39, 0.29) is 18.2 Å². The molecular formula is C18H16N2O4S2. The third-order valence-electron chi connectivity index (χ3n) is 3.81. The summed E-state index contributed by atoms with van der Waals surface area (Å²) < 4.78 is 17.1. The second-order valence-corrected chi connectivity index (χ2v) is 7.39. The maximum absolute atomic E-state index is 13.0. The van der Waals surface area contributed by atoms with Gasteiger partial charge in [0.1, 0.15) is 25.2 Å². The van der Waals surface area contributed by atoms with Gasteiger partial charge in [-0.25, -0.2) is 4.98 Å². The molecule has 0 fully saturated rings. The highest BCUT2D eigenvalue weighted by atomic mass is 32.2. The number of furan rings is 1. The number of hydrogen-bond donors (Lipinski definition) is 0. The van der Waals surface area contributed by atoms with Crippen molar-refractivity contribution < 1.29 is 18.7 Å². The lowest BCUT2D eigenvalue weighted by molar-refractivity contribution is -0.120. The minimum Gasteiger partial charge on any atom is -0.494 e. The van der Waals surface area contributed by atoms with Gasteiger partial charge in [-0.15, -0.1) is 11.8 Å². The second kappa shape index (κ2) is 7.43. The number of hydrogen-bond acceptors (Lipinski definition) is 7. The number of amides is 1. The Hall–Kier alpha value is -2.45. The molecule has 0 atom stereocenters. The molecule has 0 spiro atoms. The van der Waals surface area contributed by atoms with Crippen molar-refractivity contribution in [3.63, 3.8) is 0 Å². The number of nitrogens with zero attached hydrogens (tertiary/aromatic N) is 2. The number of ether oxygens (including phenoxy) is 2. The smallest absolute Gasteiger partial charge is 0.298 e. The number of carbonyl (C=O) groups excluding carboxylic acids is 1. The van der Waals surface area contributed by atoms with Gasteiger partial charge < -0.3 is 13.9 Å². The summed E-state index contributed by atoms with van der Waals surface area (Å²) in [5, 5.41) is 0.592. The Labute approximate surface area is 158 Å². The van der Waals surface area contributed by atoms with E-state index in [9.17, 15) is 4.79 Å². The normalized spacial score (nSPS) is 13.8. The topological polar surface area (TPSA) is 64.8 Å². The van der Waals surface area contributed by atoms with Gasteiger partial charge in [-0.1, -0.05) is 11.3 Å². The van der Waals surface area contributed by atoms with Gasteiger partial charge >= 0.3 is 0 Å². The minimum atomic E-state index is -0.301. The van der Waals surface area contributed by atoms with Gasteiger partial charge in [0.25, 0.3) is 5.91 Å². The number of aromatic nitrogens is 1. The Bertz CT molecular complexity index is 949. The van der Waals surface area contributed by atoms with Gasteiger partial charge in [0.05, 0.1) is 23.0 Å². The lowest BCUT2D eigenvalue weighted by Crippen LogP contribution is -2.33. The fourth-order valence-electron chi connectivity index (χ4n) is 2.53. The number of rotatable bonds is 5. The molecule has 1 aromatic carbocycles. The first-order valence-corrected chi connectivity index (χ1v) is 10.0. The Balaban J connectivity index is 1.71. The van der Waals surface area contributed by atoms with Gasteiger partial charge in [-0.05, 0) is 36.6 Å². The quantitative estimate of drug-likeness (QED) is 0.615. The van der Waals surface area contributed by atoms with Crippen molar-refractivity contribution in [1.82, 2.24) is 4.98 Å². The SMILES string of the molecule is CSc1ccc2nc(N(Cc3ccco3)C(=O)C3=COCCO3)sc2c1. The van der Waals surface area contributed by atoms with E-state index in [2.05, 4.69) is 11.1 Å². The number of benzene rings is 1. The predicted molar refractivity (Wildman–Crippen MR) is 101 cm³/mol. The van der Waals surface area contributed by atoms with Crippen LogP contribution >= 0.6 is 23.1 Å². The highest BCUT2D eigenvalue weighted by Crippen LogP contribution is 2.33. The van der Waals surface area contributed by atoms with Crippen LogP contribution in [-0.4, -0.2) is 30.4 Å². The molecule has 2 aromatic heterocycles. The molecule has 0 saturated heterocycles. The van der Waals surface area contributed by atoms with Crippen LogP contribution in [0.5, 0.6) is 0 Å². The average Bonchev–Trinajstić information content (AvgIpc) is 3.34. The molecule has 1 aliphatic rings.